The molecule has 170 valence electrons. The van der Waals surface area contributed by atoms with E-state index >= 15 is 0 Å². The van der Waals surface area contributed by atoms with Gasteiger partial charge < -0.3 is 28.6 Å². The zero-order chi connectivity index (χ0) is 23.1. The first-order valence-electron chi connectivity index (χ1n) is 9.44. The number of aromatic nitrogens is 2. The summed E-state index contributed by atoms with van der Waals surface area (Å²) in [5.41, 5.74) is 0.867. The first-order valence-corrected chi connectivity index (χ1v) is 10.4. The van der Waals surface area contributed by atoms with Crippen LogP contribution in [0.5, 0.6) is 11.8 Å². The summed E-state index contributed by atoms with van der Waals surface area (Å²) < 4.78 is 25.5. The Labute approximate surface area is 189 Å². The lowest BCUT2D eigenvalue weighted by Crippen LogP contribution is -2.38. The molecule has 0 N–H and O–H groups in total. The summed E-state index contributed by atoms with van der Waals surface area (Å²) in [5, 5.41) is 0. The van der Waals surface area contributed by atoms with Crippen LogP contribution in [0.2, 0.25) is 0 Å². The van der Waals surface area contributed by atoms with Crippen molar-refractivity contribution in [2.24, 2.45) is 0 Å². The van der Waals surface area contributed by atoms with Crippen LogP contribution in [-0.2, 0) is 29.6 Å². The van der Waals surface area contributed by atoms with Crippen molar-refractivity contribution in [2.75, 3.05) is 46.7 Å². The van der Waals surface area contributed by atoms with Gasteiger partial charge in [-0.05, 0) is 24.3 Å². The standard InChI is InChI=1S/C21H23N3O7S/c1-27-17-9-18(28-2)23-16(22-17)11-32-14-7-5-13(6-8-14)24-12-31-10-15(20(25)29-3)19(24)21(26)30-4/h5-9H,10-12H2,1-4H3. The van der Waals surface area contributed by atoms with E-state index in [4.69, 9.17) is 23.7 Å². The summed E-state index contributed by atoms with van der Waals surface area (Å²) in [6.07, 6.45) is 0. The molecule has 0 spiro atoms. The van der Waals surface area contributed by atoms with Gasteiger partial charge in [0.05, 0.1) is 52.4 Å². The number of nitrogens with zero attached hydrogens (tertiary/aromatic N) is 3. The maximum absolute atomic E-state index is 12.4. The minimum atomic E-state index is -0.643. The molecule has 0 amide bonds. The van der Waals surface area contributed by atoms with Crippen LogP contribution in [0.1, 0.15) is 5.82 Å². The zero-order valence-corrected chi connectivity index (χ0v) is 18.9. The fourth-order valence-electron chi connectivity index (χ4n) is 2.94. The van der Waals surface area contributed by atoms with Gasteiger partial charge in [0, 0.05) is 10.6 Å². The molecule has 0 radical (unpaired) electrons. The van der Waals surface area contributed by atoms with Crippen LogP contribution in [0.3, 0.4) is 0 Å². The van der Waals surface area contributed by atoms with Crippen molar-refractivity contribution in [2.45, 2.75) is 10.6 Å². The van der Waals surface area contributed by atoms with Crippen molar-refractivity contribution in [3.63, 3.8) is 0 Å². The first-order chi connectivity index (χ1) is 15.5. The lowest BCUT2D eigenvalue weighted by molar-refractivity contribution is -0.140. The van der Waals surface area contributed by atoms with Crippen LogP contribution in [0, 0.1) is 0 Å². The number of hydrogen-bond donors (Lipinski definition) is 0. The van der Waals surface area contributed by atoms with Crippen LogP contribution in [0.25, 0.3) is 0 Å². The summed E-state index contributed by atoms with van der Waals surface area (Å²) in [4.78, 5) is 35.7. The number of methoxy groups -OCH3 is 4. The summed E-state index contributed by atoms with van der Waals surface area (Å²) in [6, 6.07) is 9.03. The fourth-order valence-corrected chi connectivity index (χ4v) is 3.69. The van der Waals surface area contributed by atoms with Crippen molar-refractivity contribution < 1.29 is 33.3 Å². The minimum absolute atomic E-state index is 0.0362. The minimum Gasteiger partial charge on any atom is -0.481 e. The molecule has 0 aliphatic carbocycles. The van der Waals surface area contributed by atoms with E-state index in [0.29, 0.717) is 29.0 Å². The number of benzene rings is 1. The van der Waals surface area contributed by atoms with Crippen molar-refractivity contribution in [3.05, 3.63) is 47.4 Å². The maximum atomic E-state index is 12.4. The van der Waals surface area contributed by atoms with E-state index < -0.39 is 11.9 Å². The van der Waals surface area contributed by atoms with E-state index in [2.05, 4.69) is 9.97 Å². The molecular weight excluding hydrogens is 438 g/mol. The molecule has 0 atom stereocenters. The third-order valence-electron chi connectivity index (χ3n) is 4.49. The van der Waals surface area contributed by atoms with Gasteiger partial charge in [-0.25, -0.2) is 9.59 Å². The normalized spacial score (nSPS) is 13.6. The molecule has 1 aromatic carbocycles. The van der Waals surface area contributed by atoms with E-state index in [0.717, 1.165) is 4.90 Å². The monoisotopic (exact) mass is 461 g/mol. The average Bonchev–Trinajstić information content (AvgIpc) is 2.86. The average molecular weight is 461 g/mol. The summed E-state index contributed by atoms with van der Waals surface area (Å²) in [7, 11) is 5.57. The Balaban J connectivity index is 1.79. The molecule has 3 rings (SSSR count). The first kappa shape index (κ1) is 23.4. The quantitative estimate of drug-likeness (QED) is 0.426. The number of hydrogen-bond acceptors (Lipinski definition) is 11. The molecule has 1 aromatic heterocycles. The fraction of sp³-hybridized carbons (Fsp3) is 0.333. The maximum Gasteiger partial charge on any atom is 0.355 e. The van der Waals surface area contributed by atoms with Crippen molar-refractivity contribution >= 4 is 29.4 Å². The Morgan fingerprint density at radius 1 is 1.00 bits per heavy atom. The molecule has 1 aliphatic heterocycles. The number of ether oxygens (including phenoxy) is 5. The molecule has 0 saturated carbocycles. The second kappa shape index (κ2) is 10.8. The third kappa shape index (κ3) is 5.29. The molecule has 1 aliphatic rings. The van der Waals surface area contributed by atoms with Gasteiger partial charge in [-0.1, -0.05) is 0 Å². The molecule has 0 bridgehead atoms. The highest BCUT2D eigenvalue weighted by Crippen LogP contribution is 2.30. The lowest BCUT2D eigenvalue weighted by Gasteiger charge is -2.31. The molecule has 11 heteroatoms. The number of carbonyl (C=O) groups excluding carboxylic acids is 2. The number of thioether (sulfide) groups is 1. The van der Waals surface area contributed by atoms with Crippen LogP contribution >= 0.6 is 11.8 Å². The number of carbonyl (C=O) groups is 2. The van der Waals surface area contributed by atoms with Gasteiger partial charge in [0.15, 0.2) is 0 Å². The molecule has 2 aromatic rings. The smallest absolute Gasteiger partial charge is 0.355 e. The van der Waals surface area contributed by atoms with Crippen molar-refractivity contribution in [1.29, 1.82) is 0 Å². The van der Waals surface area contributed by atoms with E-state index in [1.807, 2.05) is 24.3 Å². The molecule has 2 heterocycles. The molecule has 10 nitrogen and oxygen atoms in total. The highest BCUT2D eigenvalue weighted by Gasteiger charge is 2.32. The second-order valence-electron chi connectivity index (χ2n) is 6.37. The van der Waals surface area contributed by atoms with Gasteiger partial charge in [-0.2, -0.15) is 9.97 Å². The topological polar surface area (TPSA) is 109 Å². The van der Waals surface area contributed by atoms with Crippen LogP contribution in [0.15, 0.2) is 46.5 Å². The Morgan fingerprint density at radius 3 is 2.19 bits per heavy atom. The van der Waals surface area contributed by atoms with Crippen LogP contribution < -0.4 is 14.4 Å². The zero-order valence-electron chi connectivity index (χ0n) is 18.1. The van der Waals surface area contributed by atoms with Gasteiger partial charge in [-0.3, -0.25) is 0 Å². The third-order valence-corrected chi connectivity index (χ3v) is 5.50. The Bertz CT molecular complexity index is 989. The number of esters is 2. The largest absolute Gasteiger partial charge is 0.481 e. The van der Waals surface area contributed by atoms with Crippen molar-refractivity contribution in [1.82, 2.24) is 9.97 Å². The van der Waals surface area contributed by atoms with Gasteiger partial charge in [-0.15, -0.1) is 11.8 Å². The predicted octanol–water partition coefficient (Wildman–Crippen LogP) is 2.18. The van der Waals surface area contributed by atoms with Gasteiger partial charge >= 0.3 is 11.9 Å². The van der Waals surface area contributed by atoms with Crippen molar-refractivity contribution in [3.8, 4) is 11.8 Å². The number of rotatable bonds is 8. The summed E-state index contributed by atoms with van der Waals surface area (Å²) >= 11 is 1.52. The van der Waals surface area contributed by atoms with Crippen LogP contribution in [-0.4, -0.2) is 63.7 Å². The summed E-state index contributed by atoms with van der Waals surface area (Å²) in [5.74, 6) is 0.637. The highest BCUT2D eigenvalue weighted by atomic mass is 32.2. The van der Waals surface area contributed by atoms with Gasteiger partial charge in [0.1, 0.15) is 18.3 Å². The SMILES string of the molecule is COC(=O)C1=C(C(=O)OC)N(c2ccc(SCc3nc(OC)cc(OC)n3)cc2)COC1. The van der Waals surface area contributed by atoms with Crippen LogP contribution in [0.4, 0.5) is 5.69 Å². The Morgan fingerprint density at radius 2 is 1.62 bits per heavy atom. The Hall–Kier alpha value is -3.31. The van der Waals surface area contributed by atoms with E-state index in [1.54, 1.807) is 11.0 Å². The summed E-state index contributed by atoms with van der Waals surface area (Å²) in [6.45, 7) is 0.0560. The van der Waals surface area contributed by atoms with Gasteiger partial charge in [0.25, 0.3) is 0 Å². The lowest BCUT2D eigenvalue weighted by atomic mass is 10.1. The number of anilines is 1. The van der Waals surface area contributed by atoms with Gasteiger partial charge in [0.2, 0.25) is 11.8 Å². The second-order valence-corrected chi connectivity index (χ2v) is 7.42. The molecule has 0 unspecified atom stereocenters. The Kier molecular flexibility index (Phi) is 7.90. The molecular formula is C21H23N3O7S. The highest BCUT2D eigenvalue weighted by molar-refractivity contribution is 7.98. The van der Waals surface area contributed by atoms with E-state index in [-0.39, 0.29) is 24.6 Å². The predicted molar refractivity (Wildman–Crippen MR) is 115 cm³/mol. The van der Waals surface area contributed by atoms with E-state index in [9.17, 15) is 9.59 Å². The molecule has 32 heavy (non-hydrogen) atoms. The molecule has 0 fully saturated rings. The molecule has 0 saturated heterocycles. The van der Waals surface area contributed by atoms with E-state index in [1.165, 1.54) is 40.2 Å².